The quantitative estimate of drug-likeness (QED) is 0.583. The van der Waals surface area contributed by atoms with Crippen molar-refractivity contribution < 1.29 is 9.53 Å². The Balaban J connectivity index is 1.46. The van der Waals surface area contributed by atoms with Crippen LogP contribution in [0.15, 0.2) is 36.5 Å². The molecule has 4 rings (SSSR count). The number of benzene rings is 1. The number of carbonyl (C=O) groups excluding carboxylic acids is 1. The van der Waals surface area contributed by atoms with Gasteiger partial charge < -0.3 is 25.3 Å². The number of amides is 1. The molecule has 1 fully saturated rings. The number of likely N-dealkylation sites (N-methyl/N-ethyl adjacent to an activating group) is 1. The maximum absolute atomic E-state index is 11.6. The fraction of sp³-hybridized carbons (Fsp3) is 0.350. The first-order valence-corrected chi connectivity index (χ1v) is 9.40. The molecule has 1 saturated carbocycles. The van der Waals surface area contributed by atoms with E-state index in [0.717, 1.165) is 22.5 Å². The van der Waals surface area contributed by atoms with E-state index in [1.165, 1.54) is 24.2 Å². The topological polar surface area (TPSA) is 95.2 Å². The van der Waals surface area contributed by atoms with Gasteiger partial charge in [-0.25, -0.2) is 0 Å². The van der Waals surface area contributed by atoms with Crippen LogP contribution < -0.4 is 15.4 Å². The largest absolute Gasteiger partial charge is 0.484 e. The molecule has 146 valence electrons. The van der Waals surface area contributed by atoms with Crippen LogP contribution in [0.5, 0.6) is 5.75 Å². The first-order valence-electron chi connectivity index (χ1n) is 9.40. The van der Waals surface area contributed by atoms with E-state index in [4.69, 9.17) is 4.74 Å². The fourth-order valence-electron chi connectivity index (χ4n) is 2.89. The second kappa shape index (κ2) is 7.75. The Morgan fingerprint density at radius 1 is 1.21 bits per heavy atom. The van der Waals surface area contributed by atoms with Gasteiger partial charge in [-0.05, 0) is 49.6 Å². The molecule has 0 saturated heterocycles. The third-order valence-corrected chi connectivity index (χ3v) is 4.83. The SMILES string of the molecule is CN(C)C(=O)COc1ccc(Nc2nc(NC3CCC3)c3cc[nH]c3n2)cc1. The number of carbonyl (C=O) groups is 1. The van der Waals surface area contributed by atoms with Crippen molar-refractivity contribution in [3.05, 3.63) is 36.5 Å². The summed E-state index contributed by atoms with van der Waals surface area (Å²) in [6, 6.07) is 9.84. The van der Waals surface area contributed by atoms with Crippen molar-refractivity contribution in [3.8, 4) is 5.75 Å². The third-order valence-electron chi connectivity index (χ3n) is 4.83. The number of anilines is 3. The van der Waals surface area contributed by atoms with E-state index in [0.29, 0.717) is 17.7 Å². The van der Waals surface area contributed by atoms with E-state index >= 15 is 0 Å². The Morgan fingerprint density at radius 2 is 2.00 bits per heavy atom. The van der Waals surface area contributed by atoms with Gasteiger partial charge in [0.05, 0.1) is 5.39 Å². The predicted molar refractivity (Wildman–Crippen MR) is 109 cm³/mol. The minimum absolute atomic E-state index is 0.0164. The number of rotatable bonds is 7. The van der Waals surface area contributed by atoms with Gasteiger partial charge in [-0.2, -0.15) is 9.97 Å². The molecule has 0 unspecified atom stereocenters. The molecule has 2 heterocycles. The van der Waals surface area contributed by atoms with Crippen LogP contribution in [0.25, 0.3) is 11.0 Å². The van der Waals surface area contributed by atoms with E-state index in [9.17, 15) is 4.79 Å². The van der Waals surface area contributed by atoms with Gasteiger partial charge in [-0.1, -0.05) is 0 Å². The molecular formula is C20H24N6O2. The highest BCUT2D eigenvalue weighted by Gasteiger charge is 2.19. The third kappa shape index (κ3) is 4.00. The zero-order valence-electron chi connectivity index (χ0n) is 16.0. The van der Waals surface area contributed by atoms with Crippen LogP contribution in [0.3, 0.4) is 0 Å². The molecule has 3 N–H and O–H groups in total. The molecular weight excluding hydrogens is 356 g/mol. The lowest BCUT2D eigenvalue weighted by Crippen LogP contribution is -2.27. The lowest BCUT2D eigenvalue weighted by Gasteiger charge is -2.27. The summed E-state index contributed by atoms with van der Waals surface area (Å²) in [5.41, 5.74) is 1.63. The van der Waals surface area contributed by atoms with Crippen molar-refractivity contribution in [2.24, 2.45) is 0 Å². The van der Waals surface area contributed by atoms with Crippen LogP contribution in [0, 0.1) is 0 Å². The van der Waals surface area contributed by atoms with Crippen molar-refractivity contribution in [2.75, 3.05) is 31.3 Å². The van der Waals surface area contributed by atoms with Gasteiger partial charge in [0.1, 0.15) is 17.2 Å². The van der Waals surface area contributed by atoms with Gasteiger partial charge in [0.2, 0.25) is 5.95 Å². The minimum atomic E-state index is -0.0821. The summed E-state index contributed by atoms with van der Waals surface area (Å²) in [6.45, 7) is 0.0164. The zero-order chi connectivity index (χ0) is 19.5. The van der Waals surface area contributed by atoms with Crippen LogP contribution in [-0.4, -0.2) is 52.5 Å². The molecule has 0 aliphatic heterocycles. The van der Waals surface area contributed by atoms with E-state index in [-0.39, 0.29) is 12.5 Å². The maximum Gasteiger partial charge on any atom is 0.259 e. The second-order valence-corrected chi connectivity index (χ2v) is 7.13. The number of nitrogens with zero attached hydrogens (tertiary/aromatic N) is 3. The van der Waals surface area contributed by atoms with Gasteiger partial charge >= 0.3 is 0 Å². The molecule has 1 amide bonds. The Kier molecular flexibility index (Phi) is 5.01. The van der Waals surface area contributed by atoms with Crippen molar-refractivity contribution in [3.63, 3.8) is 0 Å². The highest BCUT2D eigenvalue weighted by molar-refractivity contribution is 5.88. The molecule has 1 aromatic carbocycles. The van der Waals surface area contributed by atoms with E-state index in [1.54, 1.807) is 14.1 Å². The van der Waals surface area contributed by atoms with Gasteiger partial charge in [-0.15, -0.1) is 0 Å². The average Bonchev–Trinajstić information content (AvgIpc) is 3.12. The lowest BCUT2D eigenvalue weighted by atomic mass is 9.93. The number of aromatic amines is 1. The number of aromatic nitrogens is 3. The molecule has 0 spiro atoms. The normalized spacial score (nSPS) is 13.8. The van der Waals surface area contributed by atoms with Crippen molar-refractivity contribution >= 4 is 34.4 Å². The van der Waals surface area contributed by atoms with E-state index < -0.39 is 0 Å². The number of nitrogens with one attached hydrogen (secondary N) is 3. The van der Waals surface area contributed by atoms with Crippen LogP contribution in [0.4, 0.5) is 17.5 Å². The van der Waals surface area contributed by atoms with Crippen molar-refractivity contribution in [1.82, 2.24) is 19.9 Å². The standard InChI is InChI=1S/C20H24N6O2/c1-26(2)17(27)12-28-15-8-6-14(7-9-15)23-20-24-18-16(10-11-21-18)19(25-20)22-13-4-3-5-13/h6-11,13H,3-5,12H2,1-2H3,(H3,21,22,23,24,25). The van der Waals surface area contributed by atoms with Gasteiger partial charge in [-0.3, -0.25) is 4.79 Å². The highest BCUT2D eigenvalue weighted by Crippen LogP contribution is 2.28. The van der Waals surface area contributed by atoms with Crippen molar-refractivity contribution in [2.45, 2.75) is 25.3 Å². The summed E-state index contributed by atoms with van der Waals surface area (Å²) in [5, 5.41) is 7.74. The Hall–Kier alpha value is -3.29. The Morgan fingerprint density at radius 3 is 2.68 bits per heavy atom. The van der Waals surface area contributed by atoms with Crippen LogP contribution in [0.1, 0.15) is 19.3 Å². The molecule has 1 aliphatic carbocycles. The van der Waals surface area contributed by atoms with Gasteiger partial charge in [0.15, 0.2) is 6.61 Å². The summed E-state index contributed by atoms with van der Waals surface area (Å²) in [6.07, 6.45) is 5.49. The van der Waals surface area contributed by atoms with Crippen LogP contribution in [-0.2, 0) is 4.79 Å². The molecule has 1 aliphatic rings. The molecule has 2 aromatic heterocycles. The van der Waals surface area contributed by atoms with E-state index in [1.807, 2.05) is 36.5 Å². The highest BCUT2D eigenvalue weighted by atomic mass is 16.5. The monoisotopic (exact) mass is 380 g/mol. The van der Waals surface area contributed by atoms with Crippen molar-refractivity contribution in [1.29, 1.82) is 0 Å². The summed E-state index contributed by atoms with van der Waals surface area (Å²) >= 11 is 0. The average molecular weight is 380 g/mol. The maximum atomic E-state index is 11.6. The molecule has 0 radical (unpaired) electrons. The Labute approximate surface area is 163 Å². The Bertz CT molecular complexity index is 962. The first kappa shape index (κ1) is 18.1. The number of fused-ring (bicyclic) bond motifs is 1. The minimum Gasteiger partial charge on any atom is -0.484 e. The molecule has 0 bridgehead atoms. The lowest BCUT2D eigenvalue weighted by molar-refractivity contribution is -0.130. The van der Waals surface area contributed by atoms with Gasteiger partial charge in [0, 0.05) is 32.0 Å². The predicted octanol–water partition coefficient (Wildman–Crippen LogP) is 3.13. The number of H-pyrrole nitrogens is 1. The molecule has 8 heteroatoms. The summed E-state index contributed by atoms with van der Waals surface area (Å²) in [5.74, 6) is 1.92. The molecule has 3 aromatic rings. The number of ether oxygens (including phenoxy) is 1. The summed E-state index contributed by atoms with van der Waals surface area (Å²) < 4.78 is 5.50. The van der Waals surface area contributed by atoms with Crippen LogP contribution in [0.2, 0.25) is 0 Å². The first-order chi connectivity index (χ1) is 13.6. The number of hydrogen-bond donors (Lipinski definition) is 3. The number of hydrogen-bond acceptors (Lipinski definition) is 6. The smallest absolute Gasteiger partial charge is 0.259 e. The second-order valence-electron chi connectivity index (χ2n) is 7.13. The molecule has 0 atom stereocenters. The molecule has 28 heavy (non-hydrogen) atoms. The summed E-state index contributed by atoms with van der Waals surface area (Å²) in [4.78, 5) is 25.5. The van der Waals surface area contributed by atoms with Gasteiger partial charge in [0.25, 0.3) is 5.91 Å². The fourth-order valence-corrected chi connectivity index (χ4v) is 2.89. The molecule has 8 nitrogen and oxygen atoms in total. The van der Waals surface area contributed by atoms with E-state index in [2.05, 4.69) is 25.6 Å². The summed E-state index contributed by atoms with van der Waals surface area (Å²) in [7, 11) is 3.40. The van der Waals surface area contributed by atoms with Crippen LogP contribution >= 0.6 is 0 Å². The zero-order valence-corrected chi connectivity index (χ0v) is 16.0.